The molecule has 0 radical (unpaired) electrons. The molecule has 5 heteroatoms. The molecule has 1 aromatic rings. The summed E-state index contributed by atoms with van der Waals surface area (Å²) in [5.74, 6) is 0.573. The predicted octanol–water partition coefficient (Wildman–Crippen LogP) is 3.88. The first-order valence-electron chi connectivity index (χ1n) is 7.37. The van der Waals surface area contributed by atoms with Gasteiger partial charge in [-0.05, 0) is 31.4 Å². The Balaban J connectivity index is 1.81. The van der Waals surface area contributed by atoms with Gasteiger partial charge < -0.3 is 11.1 Å². The molecule has 1 heterocycles. The zero-order chi connectivity index (χ0) is 14.5. The lowest BCUT2D eigenvalue weighted by atomic mass is 9.85. The topological polar surface area (TPSA) is 55.1 Å². The molecule has 3 nitrogen and oxygen atoms in total. The van der Waals surface area contributed by atoms with Gasteiger partial charge in [-0.2, -0.15) is 0 Å². The highest BCUT2D eigenvalue weighted by molar-refractivity contribution is 7.16. The number of hydrogen-bond acceptors (Lipinski definition) is 3. The molecular formula is C15H23ClN2OS. The molecule has 2 atom stereocenters. The van der Waals surface area contributed by atoms with Gasteiger partial charge >= 0.3 is 0 Å². The van der Waals surface area contributed by atoms with Crippen LogP contribution in [0.25, 0.3) is 0 Å². The van der Waals surface area contributed by atoms with Crippen molar-refractivity contribution in [3.8, 4) is 0 Å². The van der Waals surface area contributed by atoms with E-state index in [1.807, 2.05) is 19.1 Å². The lowest BCUT2D eigenvalue weighted by molar-refractivity contribution is -0.123. The molecule has 0 aliphatic heterocycles. The van der Waals surface area contributed by atoms with Gasteiger partial charge in [-0.15, -0.1) is 11.3 Å². The van der Waals surface area contributed by atoms with Crippen molar-refractivity contribution in [3.05, 3.63) is 21.3 Å². The highest BCUT2D eigenvalue weighted by Gasteiger charge is 2.22. The number of rotatable bonds is 5. The molecule has 1 amide bonds. The van der Waals surface area contributed by atoms with Crippen molar-refractivity contribution in [2.45, 2.75) is 57.5 Å². The fourth-order valence-electron chi connectivity index (χ4n) is 2.84. The van der Waals surface area contributed by atoms with Gasteiger partial charge in [0.05, 0.1) is 16.4 Å². The monoisotopic (exact) mass is 314 g/mol. The Bertz CT molecular complexity index is 443. The molecule has 1 aliphatic rings. The first-order chi connectivity index (χ1) is 9.56. The van der Waals surface area contributed by atoms with Crippen molar-refractivity contribution in [3.63, 3.8) is 0 Å². The summed E-state index contributed by atoms with van der Waals surface area (Å²) in [6.07, 6.45) is 7.14. The third-order valence-corrected chi connectivity index (χ3v) is 5.44. The number of carbonyl (C=O) groups is 1. The Morgan fingerprint density at radius 2 is 2.15 bits per heavy atom. The molecule has 1 aliphatic carbocycles. The van der Waals surface area contributed by atoms with Crippen molar-refractivity contribution < 1.29 is 4.79 Å². The zero-order valence-electron chi connectivity index (χ0n) is 11.9. The number of nitrogens with one attached hydrogen (secondary N) is 1. The van der Waals surface area contributed by atoms with E-state index in [0.717, 1.165) is 15.6 Å². The highest BCUT2D eigenvalue weighted by Crippen LogP contribution is 2.28. The normalized spacial score (nSPS) is 19.6. The van der Waals surface area contributed by atoms with Crippen molar-refractivity contribution in [1.29, 1.82) is 0 Å². The fraction of sp³-hybridized carbons (Fsp3) is 0.667. The summed E-state index contributed by atoms with van der Waals surface area (Å²) in [7, 11) is 0. The maximum absolute atomic E-state index is 12.1. The van der Waals surface area contributed by atoms with Gasteiger partial charge in [-0.25, -0.2) is 0 Å². The lowest BCUT2D eigenvalue weighted by Crippen LogP contribution is -2.42. The van der Waals surface area contributed by atoms with E-state index in [4.69, 9.17) is 17.3 Å². The van der Waals surface area contributed by atoms with Crippen LogP contribution in [0.15, 0.2) is 12.1 Å². The molecule has 0 saturated heterocycles. The Labute approximate surface area is 129 Å². The smallest absolute Gasteiger partial charge is 0.237 e. The van der Waals surface area contributed by atoms with Gasteiger partial charge in [0.15, 0.2) is 0 Å². The molecule has 112 valence electrons. The van der Waals surface area contributed by atoms with Crippen LogP contribution in [0.2, 0.25) is 4.34 Å². The third kappa shape index (κ3) is 4.47. The molecule has 2 rings (SSSR count). The molecule has 0 bridgehead atoms. The summed E-state index contributed by atoms with van der Waals surface area (Å²) < 4.78 is 0.743. The number of carbonyl (C=O) groups excluding carboxylic acids is 1. The van der Waals surface area contributed by atoms with Crippen LogP contribution >= 0.6 is 22.9 Å². The van der Waals surface area contributed by atoms with Crippen molar-refractivity contribution in [2.24, 2.45) is 11.7 Å². The second kappa shape index (κ2) is 7.43. The Morgan fingerprint density at radius 3 is 2.75 bits per heavy atom. The van der Waals surface area contributed by atoms with Crippen molar-refractivity contribution >= 4 is 28.8 Å². The van der Waals surface area contributed by atoms with Gasteiger partial charge in [-0.1, -0.05) is 43.7 Å². The first kappa shape index (κ1) is 15.8. The zero-order valence-corrected chi connectivity index (χ0v) is 13.5. The summed E-state index contributed by atoms with van der Waals surface area (Å²) in [6, 6.07) is 3.38. The fourth-order valence-corrected chi connectivity index (χ4v) is 3.90. The van der Waals surface area contributed by atoms with E-state index in [1.165, 1.54) is 43.4 Å². The molecule has 0 spiro atoms. The number of nitrogens with two attached hydrogens (primary N) is 1. The number of amides is 1. The van der Waals surface area contributed by atoms with Crippen LogP contribution in [-0.2, 0) is 4.79 Å². The SMILES string of the molecule is CC(NC(=O)C(N)CC1CCCCC1)c1ccc(Cl)s1. The van der Waals surface area contributed by atoms with Gasteiger partial charge in [0.2, 0.25) is 5.91 Å². The maximum Gasteiger partial charge on any atom is 0.237 e. The molecular weight excluding hydrogens is 292 g/mol. The number of thiophene rings is 1. The van der Waals surface area contributed by atoms with E-state index < -0.39 is 6.04 Å². The quantitative estimate of drug-likeness (QED) is 0.866. The Hall–Kier alpha value is -0.580. The maximum atomic E-state index is 12.1. The van der Waals surface area contributed by atoms with Crippen LogP contribution in [0.1, 0.15) is 56.4 Å². The second-order valence-corrected chi connectivity index (χ2v) is 7.47. The molecule has 1 saturated carbocycles. The van der Waals surface area contributed by atoms with E-state index in [2.05, 4.69) is 5.32 Å². The minimum atomic E-state index is -0.393. The molecule has 0 aromatic carbocycles. The van der Waals surface area contributed by atoms with Crippen LogP contribution in [0, 0.1) is 5.92 Å². The van der Waals surface area contributed by atoms with Crippen LogP contribution in [-0.4, -0.2) is 11.9 Å². The van der Waals surface area contributed by atoms with E-state index in [-0.39, 0.29) is 11.9 Å². The van der Waals surface area contributed by atoms with Gasteiger partial charge in [-0.3, -0.25) is 4.79 Å². The molecule has 1 aromatic heterocycles. The molecule has 2 unspecified atom stereocenters. The van der Waals surface area contributed by atoms with E-state index in [0.29, 0.717) is 5.92 Å². The predicted molar refractivity (Wildman–Crippen MR) is 85.1 cm³/mol. The minimum absolute atomic E-state index is 0.0302. The summed E-state index contributed by atoms with van der Waals surface area (Å²) in [6.45, 7) is 1.97. The van der Waals surface area contributed by atoms with Crippen molar-refractivity contribution in [2.75, 3.05) is 0 Å². The average Bonchev–Trinajstić information content (AvgIpc) is 2.86. The summed E-state index contributed by atoms with van der Waals surface area (Å²) in [5.41, 5.74) is 6.04. The van der Waals surface area contributed by atoms with E-state index >= 15 is 0 Å². The largest absolute Gasteiger partial charge is 0.347 e. The Morgan fingerprint density at radius 1 is 1.45 bits per heavy atom. The van der Waals surface area contributed by atoms with Crippen LogP contribution < -0.4 is 11.1 Å². The number of halogens is 1. The second-order valence-electron chi connectivity index (χ2n) is 5.72. The van der Waals surface area contributed by atoms with E-state index in [9.17, 15) is 4.79 Å². The summed E-state index contributed by atoms with van der Waals surface area (Å²) in [5, 5.41) is 2.99. The molecule has 1 fully saturated rings. The Kier molecular flexibility index (Phi) is 5.87. The van der Waals surface area contributed by atoms with Gasteiger partial charge in [0, 0.05) is 4.88 Å². The van der Waals surface area contributed by atoms with Crippen LogP contribution in [0.4, 0.5) is 0 Å². The molecule has 20 heavy (non-hydrogen) atoms. The minimum Gasteiger partial charge on any atom is -0.347 e. The standard InChI is InChI=1S/C15H23ClN2OS/c1-10(13-7-8-14(16)20-13)18-15(19)12(17)9-11-5-3-2-4-6-11/h7-8,10-12H,2-6,9,17H2,1H3,(H,18,19). The van der Waals surface area contributed by atoms with Crippen molar-refractivity contribution in [1.82, 2.24) is 5.32 Å². The third-order valence-electron chi connectivity index (χ3n) is 4.03. The first-order valence-corrected chi connectivity index (χ1v) is 8.57. The van der Waals surface area contributed by atoms with Gasteiger partial charge in [0.25, 0.3) is 0 Å². The van der Waals surface area contributed by atoms with Crippen LogP contribution in [0.3, 0.4) is 0 Å². The highest BCUT2D eigenvalue weighted by atomic mass is 35.5. The summed E-state index contributed by atoms with van der Waals surface area (Å²) >= 11 is 7.41. The average molecular weight is 315 g/mol. The van der Waals surface area contributed by atoms with Gasteiger partial charge in [0.1, 0.15) is 0 Å². The van der Waals surface area contributed by atoms with E-state index in [1.54, 1.807) is 0 Å². The molecule has 3 N–H and O–H groups in total. The summed E-state index contributed by atoms with van der Waals surface area (Å²) in [4.78, 5) is 13.2. The van der Waals surface area contributed by atoms with Crippen LogP contribution in [0.5, 0.6) is 0 Å². The number of hydrogen-bond donors (Lipinski definition) is 2. The lowest BCUT2D eigenvalue weighted by Gasteiger charge is -2.24.